The lowest BCUT2D eigenvalue weighted by Crippen LogP contribution is -2.21. The van der Waals surface area contributed by atoms with E-state index >= 15 is 0 Å². The lowest BCUT2D eigenvalue weighted by molar-refractivity contribution is -0.192. The van der Waals surface area contributed by atoms with Gasteiger partial charge in [-0.2, -0.15) is 18.2 Å². The van der Waals surface area contributed by atoms with E-state index in [2.05, 4.69) is 38.1 Å². The molecule has 1 aliphatic heterocycles. The van der Waals surface area contributed by atoms with Crippen molar-refractivity contribution in [3.63, 3.8) is 0 Å². The van der Waals surface area contributed by atoms with Crippen molar-refractivity contribution in [1.29, 1.82) is 0 Å². The predicted octanol–water partition coefficient (Wildman–Crippen LogP) is 6.12. The van der Waals surface area contributed by atoms with E-state index in [0.29, 0.717) is 22.5 Å². The Morgan fingerprint density at radius 2 is 1.82 bits per heavy atom. The summed E-state index contributed by atoms with van der Waals surface area (Å²) in [6.45, 7) is 0. The molecule has 0 atom stereocenters. The van der Waals surface area contributed by atoms with E-state index < -0.39 is 12.1 Å². The van der Waals surface area contributed by atoms with E-state index in [9.17, 15) is 18.0 Å². The zero-order valence-electron chi connectivity index (χ0n) is 20.1. The molecule has 2 aromatic carbocycles. The van der Waals surface area contributed by atoms with Crippen molar-refractivity contribution in [3.05, 3.63) is 89.0 Å². The first kappa shape index (κ1) is 27.5. The molecule has 0 radical (unpaired) electrons. The van der Waals surface area contributed by atoms with Crippen LogP contribution in [0.4, 0.5) is 42.0 Å². The normalized spacial score (nSPS) is 12.2. The van der Waals surface area contributed by atoms with Gasteiger partial charge in [0.15, 0.2) is 5.82 Å². The molecule has 202 valence electrons. The van der Waals surface area contributed by atoms with Crippen molar-refractivity contribution in [2.24, 2.45) is 0 Å². The van der Waals surface area contributed by atoms with Crippen LogP contribution in [-0.2, 0) is 28.9 Å². The van der Waals surface area contributed by atoms with Gasteiger partial charge in [-0.05, 0) is 66.4 Å². The number of alkyl halides is 3. The maximum Gasteiger partial charge on any atom is 0.490 e. The van der Waals surface area contributed by atoms with E-state index in [0.717, 1.165) is 41.0 Å². The SMILES string of the molecule is O=C(Cc1ccco1)Nc1ccc2cc1CCc1cccc(c1)Nc1ncc(Cl)c(n1)N2.O=C(O)C(F)(F)F. The molecular formula is C26H21ClF3N5O4. The molecule has 39 heavy (non-hydrogen) atoms. The van der Waals surface area contributed by atoms with Gasteiger partial charge in [0.25, 0.3) is 0 Å². The van der Waals surface area contributed by atoms with Crippen molar-refractivity contribution >= 4 is 52.3 Å². The fourth-order valence-corrected chi connectivity index (χ4v) is 3.77. The molecule has 4 aromatic rings. The van der Waals surface area contributed by atoms with Crippen LogP contribution in [0, 0.1) is 0 Å². The van der Waals surface area contributed by atoms with Crippen molar-refractivity contribution in [2.75, 3.05) is 16.0 Å². The highest BCUT2D eigenvalue weighted by Gasteiger charge is 2.38. The number of carboxylic acid groups (broad SMARTS) is 1. The number of carboxylic acids is 1. The summed E-state index contributed by atoms with van der Waals surface area (Å²) < 4.78 is 37.0. The van der Waals surface area contributed by atoms with Crippen LogP contribution in [0.2, 0.25) is 5.02 Å². The molecule has 0 fully saturated rings. The molecule has 2 aromatic heterocycles. The number of amides is 1. The van der Waals surface area contributed by atoms with Crippen LogP contribution in [0.15, 0.2) is 71.5 Å². The zero-order chi connectivity index (χ0) is 28.0. The molecule has 0 unspecified atom stereocenters. The highest BCUT2D eigenvalue weighted by atomic mass is 35.5. The monoisotopic (exact) mass is 559 g/mol. The van der Waals surface area contributed by atoms with E-state index in [4.69, 9.17) is 25.9 Å². The highest BCUT2D eigenvalue weighted by Crippen LogP contribution is 2.29. The standard InChI is InChI=1S/C24H20ClN5O2.C2HF3O2/c25-20-14-26-24-28-17-4-1-3-15(11-17)6-7-16-12-18(27-23(20)30-24)8-9-21(16)29-22(31)13-19-5-2-10-32-19;3-2(4,5)1(6)7/h1-5,8-12,14H,6-7,13H2,(H,29,31)(H2,26,27,28,30);(H,6,7). The Labute approximate surface area is 225 Å². The van der Waals surface area contributed by atoms with Gasteiger partial charge in [0.05, 0.1) is 18.9 Å². The number of aliphatic carboxylic acids is 1. The summed E-state index contributed by atoms with van der Waals surface area (Å²) in [6, 6.07) is 17.5. The Morgan fingerprint density at radius 3 is 2.54 bits per heavy atom. The second-order valence-corrected chi connectivity index (χ2v) is 8.73. The second-order valence-electron chi connectivity index (χ2n) is 8.32. The minimum absolute atomic E-state index is 0.130. The smallest absolute Gasteiger partial charge is 0.475 e. The lowest BCUT2D eigenvalue weighted by Gasteiger charge is -2.14. The van der Waals surface area contributed by atoms with E-state index in [1.807, 2.05) is 30.3 Å². The Morgan fingerprint density at radius 1 is 1.05 bits per heavy atom. The number of nitrogens with zero attached hydrogens (tertiary/aromatic N) is 2. The molecule has 13 heteroatoms. The maximum atomic E-state index is 12.5. The van der Waals surface area contributed by atoms with Gasteiger partial charge in [-0.3, -0.25) is 4.79 Å². The molecule has 0 saturated heterocycles. The molecule has 9 nitrogen and oxygen atoms in total. The highest BCUT2D eigenvalue weighted by molar-refractivity contribution is 6.32. The van der Waals surface area contributed by atoms with E-state index in [-0.39, 0.29) is 12.3 Å². The van der Waals surface area contributed by atoms with Gasteiger partial charge in [0.1, 0.15) is 10.8 Å². The molecule has 6 bridgehead atoms. The number of carbonyl (C=O) groups is 2. The molecule has 4 N–H and O–H groups in total. The molecular weight excluding hydrogens is 539 g/mol. The minimum atomic E-state index is -5.08. The molecule has 0 spiro atoms. The van der Waals surface area contributed by atoms with Crippen LogP contribution in [0.5, 0.6) is 0 Å². The first-order valence-corrected chi connectivity index (χ1v) is 11.9. The van der Waals surface area contributed by atoms with Gasteiger partial charge in [0, 0.05) is 17.1 Å². The summed E-state index contributed by atoms with van der Waals surface area (Å²) in [4.78, 5) is 30.2. The Hall–Kier alpha value is -4.58. The molecule has 1 amide bonds. The first-order chi connectivity index (χ1) is 18.6. The number of aryl methyl sites for hydroxylation is 2. The van der Waals surface area contributed by atoms with E-state index in [1.165, 1.54) is 0 Å². The van der Waals surface area contributed by atoms with E-state index in [1.54, 1.807) is 24.6 Å². The molecule has 0 aliphatic carbocycles. The predicted molar refractivity (Wildman–Crippen MR) is 139 cm³/mol. The fourth-order valence-electron chi connectivity index (χ4n) is 3.63. The molecule has 0 saturated carbocycles. The number of rotatable bonds is 3. The number of fused-ring (bicyclic) bond motifs is 6. The van der Waals surface area contributed by atoms with Crippen LogP contribution < -0.4 is 16.0 Å². The summed E-state index contributed by atoms with van der Waals surface area (Å²) in [5, 5.41) is 17.0. The maximum absolute atomic E-state index is 12.5. The van der Waals surface area contributed by atoms with Crippen LogP contribution in [-0.4, -0.2) is 33.1 Å². The summed E-state index contributed by atoms with van der Waals surface area (Å²) in [7, 11) is 0. The fraction of sp³-hybridized carbons (Fsp3) is 0.154. The number of anilines is 5. The third-order valence-electron chi connectivity index (χ3n) is 5.41. The largest absolute Gasteiger partial charge is 0.490 e. The van der Waals surface area contributed by atoms with Crippen molar-refractivity contribution in [1.82, 2.24) is 9.97 Å². The Balaban J connectivity index is 0.000000448. The van der Waals surface area contributed by atoms with Crippen molar-refractivity contribution in [2.45, 2.75) is 25.4 Å². The second kappa shape index (κ2) is 11.9. The minimum Gasteiger partial charge on any atom is -0.475 e. The molecule has 5 rings (SSSR count). The van der Waals surface area contributed by atoms with Crippen LogP contribution in [0.25, 0.3) is 0 Å². The van der Waals surface area contributed by atoms with Gasteiger partial charge in [-0.1, -0.05) is 23.7 Å². The van der Waals surface area contributed by atoms with Crippen LogP contribution >= 0.6 is 11.6 Å². The van der Waals surface area contributed by atoms with Crippen molar-refractivity contribution in [3.8, 4) is 0 Å². The van der Waals surface area contributed by atoms with Crippen LogP contribution in [0.3, 0.4) is 0 Å². The summed E-state index contributed by atoms with van der Waals surface area (Å²) in [5.74, 6) is -1.31. The average Bonchev–Trinajstić information content (AvgIpc) is 3.38. The number of nitrogens with one attached hydrogen (secondary N) is 3. The lowest BCUT2D eigenvalue weighted by atomic mass is 10.0. The summed E-state index contributed by atoms with van der Waals surface area (Å²) in [5.41, 5.74) is 4.65. The summed E-state index contributed by atoms with van der Waals surface area (Å²) in [6.07, 6.45) is -0.231. The van der Waals surface area contributed by atoms with Gasteiger partial charge < -0.3 is 25.5 Å². The van der Waals surface area contributed by atoms with Gasteiger partial charge in [0.2, 0.25) is 11.9 Å². The number of furan rings is 1. The zero-order valence-corrected chi connectivity index (χ0v) is 20.8. The first-order valence-electron chi connectivity index (χ1n) is 11.5. The number of benzene rings is 2. The van der Waals surface area contributed by atoms with Gasteiger partial charge >= 0.3 is 12.1 Å². The van der Waals surface area contributed by atoms with Gasteiger partial charge in [-0.25, -0.2) is 9.78 Å². The topological polar surface area (TPSA) is 129 Å². The number of halogens is 4. The number of aromatic nitrogens is 2. The molecule has 1 aliphatic rings. The number of hydrogen-bond acceptors (Lipinski definition) is 7. The summed E-state index contributed by atoms with van der Waals surface area (Å²) >= 11 is 6.32. The van der Waals surface area contributed by atoms with Crippen LogP contribution in [0.1, 0.15) is 16.9 Å². The van der Waals surface area contributed by atoms with Gasteiger partial charge in [-0.15, -0.1) is 0 Å². The Kier molecular flexibility index (Phi) is 8.35. The number of carbonyl (C=O) groups excluding carboxylic acids is 1. The molecule has 3 heterocycles. The third kappa shape index (κ3) is 7.71. The number of hydrogen-bond donors (Lipinski definition) is 4. The Bertz CT molecular complexity index is 1480. The average molecular weight is 560 g/mol. The third-order valence-corrected chi connectivity index (χ3v) is 5.69. The quantitative estimate of drug-likeness (QED) is 0.236. The van der Waals surface area contributed by atoms with Crippen molar-refractivity contribution < 1.29 is 32.3 Å².